The zero-order valence-electron chi connectivity index (χ0n) is 16.1. The third kappa shape index (κ3) is 4.29. The van der Waals surface area contributed by atoms with Gasteiger partial charge in [0.15, 0.2) is 21.4 Å². The van der Waals surface area contributed by atoms with Gasteiger partial charge in [-0.2, -0.15) is 0 Å². The van der Waals surface area contributed by atoms with Crippen molar-refractivity contribution in [3.63, 3.8) is 0 Å². The van der Waals surface area contributed by atoms with Crippen LogP contribution in [0.15, 0.2) is 27.5 Å². The first-order valence-corrected chi connectivity index (χ1v) is 12.3. The molecule has 0 N–H and O–H groups in total. The van der Waals surface area contributed by atoms with Gasteiger partial charge in [0.05, 0.1) is 27.9 Å². The molecule has 1 atom stereocenters. The Hall–Kier alpha value is -1.64. The normalized spacial score (nSPS) is 19.1. The van der Waals surface area contributed by atoms with E-state index in [1.165, 1.54) is 12.1 Å². The molecule has 0 aromatic heterocycles. The topological polar surface area (TPSA) is 94.6 Å². The predicted octanol–water partition coefficient (Wildman–Crippen LogP) is 3.54. The zero-order valence-corrected chi connectivity index (χ0v) is 18.5. The van der Waals surface area contributed by atoms with Crippen LogP contribution < -0.4 is 0 Å². The summed E-state index contributed by atoms with van der Waals surface area (Å²) in [6.07, 6.45) is 1.60. The number of hydrogen-bond donors (Lipinski definition) is 0. The summed E-state index contributed by atoms with van der Waals surface area (Å²) in [7, 11) is -3.38. The Balaban J connectivity index is 2.00. The molecule has 1 aliphatic carbocycles. The number of carbonyl (C=O) groups is 3. The minimum absolute atomic E-state index is 0.0418. The van der Waals surface area contributed by atoms with Gasteiger partial charge in [-0.05, 0) is 50.8 Å². The number of carbonyl (C=O) groups excluding carboxylic acids is 3. The molecule has 0 radical (unpaired) electrons. The van der Waals surface area contributed by atoms with Crippen LogP contribution in [0.4, 0.5) is 0 Å². The summed E-state index contributed by atoms with van der Waals surface area (Å²) in [5.41, 5.74) is 0.588. The van der Waals surface area contributed by atoms with Crippen LogP contribution in [-0.4, -0.2) is 43.6 Å². The molecular formula is C20H21ClO6S2. The van der Waals surface area contributed by atoms with Crippen molar-refractivity contribution in [3.05, 3.63) is 38.8 Å². The fourth-order valence-electron chi connectivity index (χ4n) is 3.49. The van der Waals surface area contributed by atoms with Crippen molar-refractivity contribution < 1.29 is 27.5 Å². The summed E-state index contributed by atoms with van der Waals surface area (Å²) in [5.74, 6) is -1.26. The quantitative estimate of drug-likeness (QED) is 0.367. The van der Waals surface area contributed by atoms with Crippen molar-refractivity contribution in [2.24, 2.45) is 0 Å². The molecule has 0 fully saturated rings. The number of thioether (sulfide) groups is 1. The van der Waals surface area contributed by atoms with E-state index in [-0.39, 0.29) is 52.0 Å². The maximum Gasteiger partial charge on any atom is 0.319 e. The minimum Gasteiger partial charge on any atom is -0.465 e. The number of sulfone groups is 1. The predicted molar refractivity (Wildman–Crippen MR) is 111 cm³/mol. The standard InChI is InChI=1S/C20H21ClO6S2/c1-3-27-20(24)11(2)28-15-6-4-5-14(22)17(15)19(23)13-7-8-16-12(18(13)21)9-10-29(16,25)26/h7-8,11H,3-6,9-10H2,1-2H3. The molecule has 6 nitrogen and oxygen atoms in total. The zero-order chi connectivity index (χ0) is 21.3. The Labute approximate surface area is 178 Å². The van der Waals surface area contributed by atoms with Crippen molar-refractivity contribution in [2.75, 3.05) is 12.4 Å². The molecule has 0 saturated carbocycles. The Morgan fingerprint density at radius 1 is 1.24 bits per heavy atom. The van der Waals surface area contributed by atoms with E-state index in [0.717, 1.165) is 11.8 Å². The SMILES string of the molecule is CCOC(=O)C(C)SC1=C(C(=O)c2ccc3c(c2Cl)CCS3(=O)=O)C(=O)CCC1. The second-order valence-electron chi connectivity index (χ2n) is 6.89. The number of rotatable bonds is 6. The van der Waals surface area contributed by atoms with Gasteiger partial charge in [-0.1, -0.05) is 11.6 Å². The average molecular weight is 457 g/mol. The van der Waals surface area contributed by atoms with E-state index in [2.05, 4.69) is 0 Å². The van der Waals surface area contributed by atoms with E-state index in [1.807, 2.05) is 0 Å². The smallest absolute Gasteiger partial charge is 0.319 e. The molecule has 0 bridgehead atoms. The molecule has 0 saturated heterocycles. The van der Waals surface area contributed by atoms with E-state index in [4.69, 9.17) is 16.3 Å². The number of ether oxygens (including phenoxy) is 1. The second-order valence-corrected chi connectivity index (χ2v) is 10.8. The van der Waals surface area contributed by atoms with Crippen molar-refractivity contribution in [1.29, 1.82) is 0 Å². The second kappa shape index (κ2) is 8.62. The Kier molecular flexibility index (Phi) is 6.55. The number of halogens is 1. The van der Waals surface area contributed by atoms with Crippen LogP contribution in [0.5, 0.6) is 0 Å². The molecule has 1 unspecified atom stereocenters. The van der Waals surface area contributed by atoms with Crippen molar-refractivity contribution in [3.8, 4) is 0 Å². The van der Waals surface area contributed by atoms with Gasteiger partial charge >= 0.3 is 5.97 Å². The monoisotopic (exact) mass is 456 g/mol. The third-order valence-electron chi connectivity index (χ3n) is 4.93. The van der Waals surface area contributed by atoms with Crippen LogP contribution in [-0.2, 0) is 30.6 Å². The molecule has 156 valence electrons. The van der Waals surface area contributed by atoms with Crippen LogP contribution in [0.3, 0.4) is 0 Å². The van der Waals surface area contributed by atoms with Crippen molar-refractivity contribution in [1.82, 2.24) is 0 Å². The van der Waals surface area contributed by atoms with Gasteiger partial charge in [0.1, 0.15) is 5.25 Å². The van der Waals surface area contributed by atoms with E-state index in [1.54, 1.807) is 13.8 Å². The number of fused-ring (bicyclic) bond motifs is 1. The molecule has 1 aliphatic heterocycles. The largest absolute Gasteiger partial charge is 0.465 e. The Bertz CT molecular complexity index is 1030. The maximum absolute atomic E-state index is 13.2. The maximum atomic E-state index is 13.2. The van der Waals surface area contributed by atoms with Crippen LogP contribution >= 0.6 is 23.4 Å². The van der Waals surface area contributed by atoms with Crippen LogP contribution in [0, 0.1) is 0 Å². The highest BCUT2D eigenvalue weighted by Gasteiger charge is 2.34. The molecular weight excluding hydrogens is 436 g/mol. The molecule has 3 rings (SSSR count). The first kappa shape index (κ1) is 22.1. The Morgan fingerprint density at radius 3 is 2.66 bits per heavy atom. The molecule has 1 heterocycles. The number of allylic oxidation sites excluding steroid dienone is 2. The number of benzene rings is 1. The highest BCUT2D eigenvalue weighted by Crippen LogP contribution is 2.39. The van der Waals surface area contributed by atoms with Gasteiger partial charge in [-0.15, -0.1) is 11.8 Å². The van der Waals surface area contributed by atoms with Crippen LogP contribution in [0.1, 0.15) is 49.0 Å². The van der Waals surface area contributed by atoms with Crippen LogP contribution in [0.2, 0.25) is 5.02 Å². The van der Waals surface area contributed by atoms with Crippen molar-refractivity contribution in [2.45, 2.75) is 49.7 Å². The summed E-state index contributed by atoms with van der Waals surface area (Å²) in [4.78, 5) is 38.5. The summed E-state index contributed by atoms with van der Waals surface area (Å²) < 4.78 is 29.2. The fourth-order valence-corrected chi connectivity index (χ4v) is 6.62. The number of Topliss-reactive ketones (excluding diaryl/α,β-unsaturated/α-hetero) is 2. The number of esters is 1. The number of hydrogen-bond acceptors (Lipinski definition) is 7. The lowest BCUT2D eigenvalue weighted by molar-refractivity contribution is -0.142. The third-order valence-corrected chi connectivity index (χ3v) is 8.40. The molecule has 2 aliphatic rings. The molecule has 9 heteroatoms. The van der Waals surface area contributed by atoms with E-state index in [0.29, 0.717) is 23.3 Å². The molecule has 1 aromatic rings. The van der Waals surface area contributed by atoms with Gasteiger partial charge in [0.2, 0.25) is 0 Å². The molecule has 0 spiro atoms. The highest BCUT2D eigenvalue weighted by molar-refractivity contribution is 8.04. The fraction of sp³-hybridized carbons (Fsp3) is 0.450. The van der Waals surface area contributed by atoms with Gasteiger partial charge in [0.25, 0.3) is 0 Å². The van der Waals surface area contributed by atoms with Crippen molar-refractivity contribution >= 4 is 50.7 Å². The summed E-state index contributed by atoms with van der Waals surface area (Å²) >= 11 is 7.55. The minimum atomic E-state index is -3.38. The molecule has 0 amide bonds. The average Bonchev–Trinajstić information content (AvgIpc) is 2.97. The lowest BCUT2D eigenvalue weighted by atomic mass is 9.91. The molecule has 29 heavy (non-hydrogen) atoms. The summed E-state index contributed by atoms with van der Waals surface area (Å²) in [5, 5.41) is -0.471. The van der Waals surface area contributed by atoms with Gasteiger partial charge < -0.3 is 4.74 Å². The number of ketones is 2. The summed E-state index contributed by atoms with van der Waals surface area (Å²) in [6, 6.07) is 2.76. The van der Waals surface area contributed by atoms with Crippen LogP contribution in [0.25, 0.3) is 0 Å². The first-order chi connectivity index (χ1) is 13.7. The Morgan fingerprint density at radius 2 is 1.97 bits per heavy atom. The lowest BCUT2D eigenvalue weighted by Crippen LogP contribution is -2.22. The van der Waals surface area contributed by atoms with Gasteiger partial charge in [-0.3, -0.25) is 14.4 Å². The summed E-state index contributed by atoms with van der Waals surface area (Å²) in [6.45, 7) is 3.63. The van der Waals surface area contributed by atoms with E-state index in [9.17, 15) is 22.8 Å². The van der Waals surface area contributed by atoms with Gasteiger partial charge in [0, 0.05) is 16.9 Å². The highest BCUT2D eigenvalue weighted by atomic mass is 35.5. The van der Waals surface area contributed by atoms with Gasteiger partial charge in [-0.25, -0.2) is 8.42 Å². The first-order valence-electron chi connectivity index (χ1n) is 9.35. The van der Waals surface area contributed by atoms with E-state index >= 15 is 0 Å². The van der Waals surface area contributed by atoms with E-state index < -0.39 is 26.8 Å². The molecule has 1 aromatic carbocycles. The lowest BCUT2D eigenvalue weighted by Gasteiger charge is -2.21.